The molecule has 0 radical (unpaired) electrons. The second kappa shape index (κ2) is 4.96. The van der Waals surface area contributed by atoms with Crippen molar-refractivity contribution in [3.8, 4) is 0 Å². The molecule has 0 saturated carbocycles. The third-order valence-electron chi connectivity index (χ3n) is 3.68. The van der Waals surface area contributed by atoms with Crippen molar-refractivity contribution < 1.29 is 18.7 Å². The fourth-order valence-electron chi connectivity index (χ4n) is 2.64. The molecule has 1 aliphatic carbocycles. The van der Waals surface area contributed by atoms with Gasteiger partial charge in [-0.2, -0.15) is 0 Å². The Hall–Kier alpha value is -2.36. The molecule has 0 fully saturated rings. The lowest BCUT2D eigenvalue weighted by molar-refractivity contribution is -0.145. The molecule has 4 nitrogen and oxygen atoms in total. The third-order valence-corrected chi connectivity index (χ3v) is 3.68. The Kier molecular flexibility index (Phi) is 3.14. The summed E-state index contributed by atoms with van der Waals surface area (Å²) in [7, 11) is 1.40. The van der Waals surface area contributed by atoms with Crippen molar-refractivity contribution in [1.82, 2.24) is 0 Å². The standard InChI is InChI=1S/C16H14O4/c1-19-16(18)13-7-10-4-5-11(8-12(10)9-13)15(17)14-3-2-6-20-14/h2-6,8,13H,7,9H2,1H3. The average Bonchev–Trinajstić information content (AvgIpc) is 3.13. The summed E-state index contributed by atoms with van der Waals surface area (Å²) in [6.45, 7) is 0. The van der Waals surface area contributed by atoms with Gasteiger partial charge in [0.1, 0.15) is 0 Å². The molecule has 1 aromatic carbocycles. The summed E-state index contributed by atoms with van der Waals surface area (Å²) >= 11 is 0. The lowest BCUT2D eigenvalue weighted by Crippen LogP contribution is -2.15. The molecule has 2 aromatic rings. The Morgan fingerprint density at radius 3 is 2.70 bits per heavy atom. The van der Waals surface area contributed by atoms with E-state index < -0.39 is 0 Å². The molecule has 3 rings (SSSR count). The summed E-state index contributed by atoms with van der Waals surface area (Å²) in [6, 6.07) is 8.88. The molecular weight excluding hydrogens is 256 g/mol. The molecule has 0 bridgehead atoms. The number of furan rings is 1. The maximum absolute atomic E-state index is 12.2. The fraction of sp³-hybridized carbons (Fsp3) is 0.250. The summed E-state index contributed by atoms with van der Waals surface area (Å²) < 4.78 is 9.90. The van der Waals surface area contributed by atoms with E-state index in [1.54, 1.807) is 18.2 Å². The predicted molar refractivity (Wildman–Crippen MR) is 71.5 cm³/mol. The minimum Gasteiger partial charge on any atom is -0.469 e. The van der Waals surface area contributed by atoms with Crippen LogP contribution in [-0.4, -0.2) is 18.9 Å². The van der Waals surface area contributed by atoms with Crippen LogP contribution in [0.4, 0.5) is 0 Å². The van der Waals surface area contributed by atoms with Gasteiger partial charge in [-0.25, -0.2) is 0 Å². The Balaban J connectivity index is 1.86. The second-order valence-corrected chi connectivity index (χ2v) is 4.92. The molecule has 1 atom stereocenters. The Bertz CT molecular complexity index is 655. The van der Waals surface area contributed by atoms with E-state index in [0.29, 0.717) is 24.2 Å². The van der Waals surface area contributed by atoms with E-state index in [2.05, 4.69) is 0 Å². The summed E-state index contributed by atoms with van der Waals surface area (Å²) in [5.41, 5.74) is 2.73. The van der Waals surface area contributed by atoms with Crippen molar-refractivity contribution in [3.05, 3.63) is 59.0 Å². The van der Waals surface area contributed by atoms with Crippen molar-refractivity contribution in [1.29, 1.82) is 0 Å². The molecule has 1 aromatic heterocycles. The molecule has 0 amide bonds. The van der Waals surface area contributed by atoms with Gasteiger partial charge >= 0.3 is 5.97 Å². The Morgan fingerprint density at radius 1 is 1.20 bits per heavy atom. The van der Waals surface area contributed by atoms with E-state index in [9.17, 15) is 9.59 Å². The largest absolute Gasteiger partial charge is 0.469 e. The van der Waals surface area contributed by atoms with Gasteiger partial charge in [0.2, 0.25) is 5.78 Å². The Labute approximate surface area is 116 Å². The van der Waals surface area contributed by atoms with Crippen molar-refractivity contribution in [3.63, 3.8) is 0 Å². The van der Waals surface area contributed by atoms with Crippen LogP contribution in [0.5, 0.6) is 0 Å². The lowest BCUT2D eigenvalue weighted by Gasteiger charge is -2.04. The van der Waals surface area contributed by atoms with Crippen molar-refractivity contribution >= 4 is 11.8 Å². The van der Waals surface area contributed by atoms with Crippen molar-refractivity contribution in [2.75, 3.05) is 7.11 Å². The van der Waals surface area contributed by atoms with E-state index in [1.807, 2.05) is 12.1 Å². The van der Waals surface area contributed by atoms with Gasteiger partial charge in [0.05, 0.1) is 19.3 Å². The summed E-state index contributed by atoms with van der Waals surface area (Å²) in [4.78, 5) is 23.8. The van der Waals surface area contributed by atoms with Crippen molar-refractivity contribution in [2.45, 2.75) is 12.8 Å². The number of ether oxygens (including phenoxy) is 1. The molecule has 0 aliphatic heterocycles. The molecule has 0 N–H and O–H groups in total. The van der Waals surface area contributed by atoms with Gasteiger partial charge in [0, 0.05) is 5.56 Å². The Morgan fingerprint density at radius 2 is 2.00 bits per heavy atom. The number of rotatable bonds is 3. The minimum absolute atomic E-state index is 0.135. The molecular formula is C16H14O4. The number of methoxy groups -OCH3 is 1. The fourth-order valence-corrected chi connectivity index (χ4v) is 2.64. The van der Waals surface area contributed by atoms with E-state index >= 15 is 0 Å². The highest BCUT2D eigenvalue weighted by Crippen LogP contribution is 2.29. The van der Waals surface area contributed by atoms with E-state index in [4.69, 9.17) is 9.15 Å². The van der Waals surface area contributed by atoms with Crippen LogP contribution in [0.2, 0.25) is 0 Å². The first-order valence-corrected chi connectivity index (χ1v) is 6.47. The monoisotopic (exact) mass is 270 g/mol. The first-order valence-electron chi connectivity index (χ1n) is 6.47. The first-order chi connectivity index (χ1) is 9.69. The van der Waals surface area contributed by atoms with Crippen LogP contribution < -0.4 is 0 Å². The highest BCUT2D eigenvalue weighted by molar-refractivity contribution is 6.07. The number of benzene rings is 1. The summed E-state index contributed by atoms with van der Waals surface area (Å²) in [5.74, 6) is -0.143. The minimum atomic E-state index is -0.194. The van der Waals surface area contributed by atoms with Crippen LogP contribution >= 0.6 is 0 Å². The normalized spacial score (nSPS) is 16.8. The molecule has 1 heterocycles. The number of fused-ring (bicyclic) bond motifs is 1. The SMILES string of the molecule is COC(=O)C1Cc2ccc(C(=O)c3ccco3)cc2C1. The van der Waals surface area contributed by atoms with Gasteiger partial charge in [-0.1, -0.05) is 12.1 Å². The topological polar surface area (TPSA) is 56.5 Å². The number of hydrogen-bond acceptors (Lipinski definition) is 4. The van der Waals surface area contributed by atoms with Crippen LogP contribution in [0.1, 0.15) is 27.2 Å². The lowest BCUT2D eigenvalue weighted by atomic mass is 10.0. The average molecular weight is 270 g/mol. The maximum atomic E-state index is 12.2. The number of esters is 1. The maximum Gasteiger partial charge on any atom is 0.309 e. The molecule has 0 saturated heterocycles. The number of carbonyl (C=O) groups excluding carboxylic acids is 2. The van der Waals surface area contributed by atoms with Gasteiger partial charge in [0.25, 0.3) is 0 Å². The molecule has 20 heavy (non-hydrogen) atoms. The quantitative estimate of drug-likeness (QED) is 0.634. The number of ketones is 1. The zero-order valence-electron chi connectivity index (χ0n) is 11.1. The van der Waals surface area contributed by atoms with Crippen LogP contribution in [0.25, 0.3) is 0 Å². The molecule has 102 valence electrons. The van der Waals surface area contributed by atoms with E-state index in [1.165, 1.54) is 13.4 Å². The highest BCUT2D eigenvalue weighted by atomic mass is 16.5. The van der Waals surface area contributed by atoms with Crippen LogP contribution in [0.15, 0.2) is 41.0 Å². The van der Waals surface area contributed by atoms with E-state index in [0.717, 1.165) is 11.1 Å². The van der Waals surface area contributed by atoms with Gasteiger partial charge in [-0.15, -0.1) is 0 Å². The van der Waals surface area contributed by atoms with E-state index in [-0.39, 0.29) is 17.7 Å². The van der Waals surface area contributed by atoms with Gasteiger partial charge in [0.15, 0.2) is 5.76 Å². The van der Waals surface area contributed by atoms with Crippen LogP contribution in [0, 0.1) is 5.92 Å². The van der Waals surface area contributed by atoms with Crippen LogP contribution in [0.3, 0.4) is 0 Å². The predicted octanol–water partition coefficient (Wildman–Crippen LogP) is 2.40. The summed E-state index contributed by atoms with van der Waals surface area (Å²) in [5, 5.41) is 0. The zero-order chi connectivity index (χ0) is 14.1. The van der Waals surface area contributed by atoms with Gasteiger partial charge in [-0.3, -0.25) is 9.59 Å². The van der Waals surface area contributed by atoms with Crippen LogP contribution in [-0.2, 0) is 22.4 Å². The molecule has 1 aliphatic rings. The van der Waals surface area contributed by atoms with Crippen molar-refractivity contribution in [2.24, 2.45) is 5.92 Å². The number of hydrogen-bond donors (Lipinski definition) is 0. The van der Waals surface area contributed by atoms with Gasteiger partial charge in [-0.05, 0) is 42.2 Å². The smallest absolute Gasteiger partial charge is 0.309 e. The van der Waals surface area contributed by atoms with Gasteiger partial charge < -0.3 is 9.15 Å². The highest BCUT2D eigenvalue weighted by Gasteiger charge is 2.28. The second-order valence-electron chi connectivity index (χ2n) is 4.92. The zero-order valence-corrected chi connectivity index (χ0v) is 11.1. The number of carbonyl (C=O) groups is 2. The first kappa shape index (κ1) is 12.7. The third kappa shape index (κ3) is 2.13. The molecule has 0 spiro atoms. The molecule has 1 unspecified atom stereocenters. The summed E-state index contributed by atoms with van der Waals surface area (Å²) in [6.07, 6.45) is 2.78. The molecule has 4 heteroatoms.